The van der Waals surface area contributed by atoms with Gasteiger partial charge in [0.05, 0.1) is 19.8 Å². The maximum absolute atomic E-state index is 5.60. The molecule has 1 saturated heterocycles. The fourth-order valence-electron chi connectivity index (χ4n) is 3.01. The Bertz CT molecular complexity index is 548. The van der Waals surface area contributed by atoms with Gasteiger partial charge in [-0.2, -0.15) is 0 Å². The summed E-state index contributed by atoms with van der Waals surface area (Å²) in [6.45, 7) is 13.1. The quantitative estimate of drug-likeness (QED) is 0.192. The first-order valence-electron chi connectivity index (χ1n) is 10.8. The molecule has 1 fully saturated rings. The van der Waals surface area contributed by atoms with Crippen molar-refractivity contribution in [2.45, 2.75) is 46.2 Å². The van der Waals surface area contributed by atoms with Crippen molar-refractivity contribution in [1.29, 1.82) is 0 Å². The molecule has 2 rings (SSSR count). The van der Waals surface area contributed by atoms with E-state index in [0.717, 1.165) is 78.0 Å². The molecule has 0 aromatic heterocycles. The Balaban J connectivity index is 0.00000420. The highest BCUT2D eigenvalue weighted by Gasteiger charge is 2.10. The minimum absolute atomic E-state index is 0. The molecule has 1 aliphatic heterocycles. The van der Waals surface area contributed by atoms with Gasteiger partial charge in [0.2, 0.25) is 0 Å². The number of guanidine groups is 1. The number of rotatable bonds is 12. The zero-order valence-corrected chi connectivity index (χ0v) is 20.5. The van der Waals surface area contributed by atoms with Crippen molar-refractivity contribution in [2.24, 2.45) is 4.99 Å². The van der Waals surface area contributed by atoms with Gasteiger partial charge in [0.1, 0.15) is 0 Å². The zero-order chi connectivity index (χ0) is 19.9. The first-order valence-corrected chi connectivity index (χ1v) is 10.8. The fraction of sp³-hybridized carbons (Fsp3) is 0.682. The van der Waals surface area contributed by atoms with Gasteiger partial charge < -0.3 is 20.1 Å². The molecule has 0 spiro atoms. The second kappa shape index (κ2) is 16.8. The first kappa shape index (κ1) is 26.1. The summed E-state index contributed by atoms with van der Waals surface area (Å²) in [6, 6.07) is 8.80. The van der Waals surface area contributed by atoms with E-state index in [1.807, 2.05) is 0 Å². The Morgan fingerprint density at radius 1 is 1.03 bits per heavy atom. The Hall–Kier alpha value is -0.900. The van der Waals surface area contributed by atoms with Crippen LogP contribution in [-0.2, 0) is 22.6 Å². The Labute approximate surface area is 193 Å². The van der Waals surface area contributed by atoms with Crippen LogP contribution in [0.1, 0.15) is 44.2 Å². The molecular weight excluding hydrogens is 479 g/mol. The van der Waals surface area contributed by atoms with E-state index in [1.54, 1.807) is 0 Å². The summed E-state index contributed by atoms with van der Waals surface area (Å²) in [5.41, 5.74) is 2.58. The van der Waals surface area contributed by atoms with Crippen LogP contribution in [0, 0.1) is 0 Å². The maximum atomic E-state index is 5.60. The maximum Gasteiger partial charge on any atom is 0.191 e. The van der Waals surface area contributed by atoms with Gasteiger partial charge in [0.15, 0.2) is 5.96 Å². The molecular formula is C22H39IN4O2. The highest BCUT2D eigenvalue weighted by atomic mass is 127. The highest BCUT2D eigenvalue weighted by Crippen LogP contribution is 2.10. The average Bonchev–Trinajstić information content (AvgIpc) is 2.73. The number of morpholine rings is 1. The number of halogens is 1. The largest absolute Gasteiger partial charge is 0.381 e. The van der Waals surface area contributed by atoms with E-state index in [-0.39, 0.29) is 24.0 Å². The lowest BCUT2D eigenvalue weighted by Crippen LogP contribution is -2.38. The third kappa shape index (κ3) is 11.8. The van der Waals surface area contributed by atoms with E-state index in [2.05, 4.69) is 53.6 Å². The summed E-state index contributed by atoms with van der Waals surface area (Å²) in [5.74, 6) is 0.869. The molecule has 1 aromatic rings. The topological polar surface area (TPSA) is 58.1 Å². The van der Waals surface area contributed by atoms with Gasteiger partial charge in [-0.1, -0.05) is 37.6 Å². The van der Waals surface area contributed by atoms with Crippen LogP contribution in [0.3, 0.4) is 0 Å². The second-order valence-electron chi connectivity index (χ2n) is 7.15. The molecule has 7 heteroatoms. The lowest BCUT2D eigenvalue weighted by Gasteiger charge is -2.26. The lowest BCUT2D eigenvalue weighted by molar-refractivity contribution is 0.0342. The van der Waals surface area contributed by atoms with Crippen molar-refractivity contribution < 1.29 is 9.47 Å². The van der Waals surface area contributed by atoms with Crippen LogP contribution in [0.15, 0.2) is 29.3 Å². The number of hydrogen-bond donors (Lipinski definition) is 2. The van der Waals surface area contributed by atoms with Gasteiger partial charge >= 0.3 is 0 Å². The number of unbranched alkanes of at least 4 members (excludes halogenated alkanes) is 1. The number of hydrogen-bond acceptors (Lipinski definition) is 4. The van der Waals surface area contributed by atoms with Crippen LogP contribution in [0.25, 0.3) is 0 Å². The molecule has 6 nitrogen and oxygen atoms in total. The van der Waals surface area contributed by atoms with E-state index in [4.69, 9.17) is 14.5 Å². The van der Waals surface area contributed by atoms with Gasteiger partial charge in [0.25, 0.3) is 0 Å². The van der Waals surface area contributed by atoms with Crippen LogP contribution in [0.2, 0.25) is 0 Å². The third-order valence-electron chi connectivity index (χ3n) is 4.70. The summed E-state index contributed by atoms with van der Waals surface area (Å²) in [4.78, 5) is 7.14. The summed E-state index contributed by atoms with van der Waals surface area (Å²) >= 11 is 0. The number of aliphatic imine (C=N–C) groups is 1. The molecule has 2 N–H and O–H groups in total. The van der Waals surface area contributed by atoms with Gasteiger partial charge in [-0.3, -0.25) is 4.90 Å². The SMILES string of the molecule is CCCCOCCCNC(=NCc1ccc(CN2CCOCC2)cc1)NCC.I. The minimum atomic E-state index is 0. The molecule has 1 aliphatic rings. The number of nitrogens with one attached hydrogen (secondary N) is 2. The Morgan fingerprint density at radius 2 is 1.72 bits per heavy atom. The van der Waals surface area contributed by atoms with E-state index in [1.165, 1.54) is 17.5 Å². The van der Waals surface area contributed by atoms with Crippen molar-refractivity contribution in [3.05, 3.63) is 35.4 Å². The van der Waals surface area contributed by atoms with Crippen LogP contribution in [-0.4, -0.2) is 63.5 Å². The van der Waals surface area contributed by atoms with Gasteiger partial charge in [0, 0.05) is 45.9 Å². The standard InChI is InChI=1S/C22H38N4O2.HI/c1-3-5-14-27-15-6-11-24-22(23-4-2)25-18-20-7-9-21(10-8-20)19-26-12-16-28-17-13-26;/h7-10H,3-6,11-19H2,1-2H3,(H2,23,24,25);1H. The Morgan fingerprint density at radius 3 is 2.41 bits per heavy atom. The van der Waals surface area contributed by atoms with Crippen LogP contribution < -0.4 is 10.6 Å². The smallest absolute Gasteiger partial charge is 0.191 e. The van der Waals surface area contributed by atoms with Gasteiger partial charge in [-0.05, 0) is 30.9 Å². The molecule has 1 aromatic carbocycles. The number of nitrogens with zero attached hydrogens (tertiary/aromatic N) is 2. The predicted molar refractivity (Wildman–Crippen MR) is 131 cm³/mol. The molecule has 166 valence electrons. The molecule has 0 amide bonds. The average molecular weight is 518 g/mol. The molecule has 0 bridgehead atoms. The monoisotopic (exact) mass is 518 g/mol. The Kier molecular flexibility index (Phi) is 15.2. The van der Waals surface area contributed by atoms with E-state index in [0.29, 0.717) is 6.54 Å². The van der Waals surface area contributed by atoms with Crippen molar-refractivity contribution in [3.63, 3.8) is 0 Å². The molecule has 29 heavy (non-hydrogen) atoms. The molecule has 0 saturated carbocycles. The zero-order valence-electron chi connectivity index (χ0n) is 18.1. The van der Waals surface area contributed by atoms with Gasteiger partial charge in [-0.25, -0.2) is 4.99 Å². The summed E-state index contributed by atoms with van der Waals surface area (Å²) in [5, 5.41) is 6.70. The van der Waals surface area contributed by atoms with E-state index >= 15 is 0 Å². The lowest BCUT2D eigenvalue weighted by atomic mass is 10.1. The summed E-state index contributed by atoms with van der Waals surface area (Å²) in [7, 11) is 0. The van der Waals surface area contributed by atoms with Crippen molar-refractivity contribution in [1.82, 2.24) is 15.5 Å². The van der Waals surface area contributed by atoms with Crippen LogP contribution in [0.4, 0.5) is 0 Å². The van der Waals surface area contributed by atoms with Crippen molar-refractivity contribution in [3.8, 4) is 0 Å². The normalized spacial score (nSPS) is 15.0. The predicted octanol–water partition coefficient (Wildman–Crippen LogP) is 3.40. The van der Waals surface area contributed by atoms with E-state index < -0.39 is 0 Å². The van der Waals surface area contributed by atoms with Crippen molar-refractivity contribution in [2.75, 3.05) is 52.6 Å². The minimum Gasteiger partial charge on any atom is -0.381 e. The summed E-state index contributed by atoms with van der Waals surface area (Å²) < 4.78 is 11.0. The molecule has 0 atom stereocenters. The van der Waals surface area contributed by atoms with E-state index in [9.17, 15) is 0 Å². The molecule has 1 heterocycles. The first-order chi connectivity index (χ1) is 13.8. The molecule has 0 unspecified atom stereocenters. The van der Waals surface area contributed by atoms with Crippen molar-refractivity contribution >= 4 is 29.9 Å². The number of ether oxygens (including phenoxy) is 2. The van der Waals surface area contributed by atoms with Crippen LogP contribution >= 0.6 is 24.0 Å². The number of benzene rings is 1. The summed E-state index contributed by atoms with van der Waals surface area (Å²) in [6.07, 6.45) is 3.32. The molecule has 0 radical (unpaired) electrons. The third-order valence-corrected chi connectivity index (χ3v) is 4.70. The van der Waals surface area contributed by atoms with Gasteiger partial charge in [-0.15, -0.1) is 24.0 Å². The fourth-order valence-corrected chi connectivity index (χ4v) is 3.01. The van der Waals surface area contributed by atoms with Crippen LogP contribution in [0.5, 0.6) is 0 Å². The second-order valence-corrected chi connectivity index (χ2v) is 7.15. The highest BCUT2D eigenvalue weighted by molar-refractivity contribution is 14.0. The molecule has 0 aliphatic carbocycles.